The number of rotatable bonds is 6. The molecule has 1 aliphatic rings. The number of nitrogens with one attached hydrogen (secondary N) is 2. The van der Waals surface area contributed by atoms with Gasteiger partial charge in [0.25, 0.3) is 0 Å². The van der Waals surface area contributed by atoms with Gasteiger partial charge in [0, 0.05) is 12.6 Å². The Kier molecular flexibility index (Phi) is 8.15. The van der Waals surface area contributed by atoms with Crippen molar-refractivity contribution in [1.29, 1.82) is 0 Å². The Morgan fingerprint density at radius 2 is 2.05 bits per heavy atom. The summed E-state index contributed by atoms with van der Waals surface area (Å²) in [5.74, 6) is 0.798. The van der Waals surface area contributed by atoms with Crippen molar-refractivity contribution in [3.63, 3.8) is 0 Å². The lowest BCUT2D eigenvalue weighted by Gasteiger charge is -2.27. The van der Waals surface area contributed by atoms with Crippen LogP contribution in [0.2, 0.25) is 0 Å². The highest BCUT2D eigenvalue weighted by molar-refractivity contribution is 5.85. The van der Waals surface area contributed by atoms with Gasteiger partial charge in [0.05, 0.1) is 0 Å². The minimum atomic E-state index is 0. The Balaban J connectivity index is 0.00000200. The molecule has 2 atom stereocenters. The van der Waals surface area contributed by atoms with E-state index < -0.39 is 0 Å². The molecule has 0 radical (unpaired) electrons. The normalized spacial score (nSPS) is 20.4. The molecule has 1 fully saturated rings. The van der Waals surface area contributed by atoms with Gasteiger partial charge >= 0.3 is 0 Å². The molecule has 114 valence electrons. The Bertz CT molecular complexity index is 350. The van der Waals surface area contributed by atoms with Crippen molar-refractivity contribution in [3.05, 3.63) is 35.9 Å². The van der Waals surface area contributed by atoms with Gasteiger partial charge in [-0.2, -0.15) is 0 Å². The number of likely N-dealkylation sites (N-methyl/N-ethyl adjacent to an activating group) is 1. The topological polar surface area (TPSA) is 27.3 Å². The third kappa shape index (κ3) is 5.41. The monoisotopic (exact) mass is 297 g/mol. The summed E-state index contributed by atoms with van der Waals surface area (Å²) in [5.41, 5.74) is 1.39. The number of nitrogens with zero attached hydrogens (tertiary/aromatic N) is 1. The molecular formula is C16H28ClN3. The molecular weight excluding hydrogens is 270 g/mol. The van der Waals surface area contributed by atoms with Crippen LogP contribution in [-0.4, -0.2) is 45.2 Å². The smallest absolute Gasteiger partial charge is 0.0466 e. The molecule has 0 spiro atoms. The molecule has 0 amide bonds. The van der Waals surface area contributed by atoms with Crippen LogP contribution in [0, 0.1) is 5.92 Å². The predicted molar refractivity (Wildman–Crippen MR) is 88.6 cm³/mol. The molecule has 1 aromatic rings. The standard InChI is InChI=1S/C16H27N3.ClH/c1-19(2)16(15-8-4-3-5-9-15)13-18-12-14-7-6-10-17-11-14;/h3-5,8-9,14,16-18H,6-7,10-13H2,1-2H3;1H. The number of piperidine rings is 1. The Labute approximate surface area is 129 Å². The fourth-order valence-corrected chi connectivity index (χ4v) is 2.80. The van der Waals surface area contributed by atoms with E-state index in [1.54, 1.807) is 0 Å². The van der Waals surface area contributed by atoms with Crippen molar-refractivity contribution < 1.29 is 0 Å². The highest BCUT2D eigenvalue weighted by atomic mass is 35.5. The quantitative estimate of drug-likeness (QED) is 0.844. The van der Waals surface area contributed by atoms with E-state index in [1.807, 2.05) is 0 Å². The lowest BCUT2D eigenvalue weighted by Crippen LogP contribution is -2.38. The van der Waals surface area contributed by atoms with Crippen LogP contribution in [0.1, 0.15) is 24.4 Å². The van der Waals surface area contributed by atoms with E-state index in [-0.39, 0.29) is 12.4 Å². The number of hydrogen-bond acceptors (Lipinski definition) is 3. The van der Waals surface area contributed by atoms with Gasteiger partial charge < -0.3 is 15.5 Å². The summed E-state index contributed by atoms with van der Waals surface area (Å²) in [4.78, 5) is 2.29. The van der Waals surface area contributed by atoms with Crippen LogP contribution in [0.25, 0.3) is 0 Å². The first-order valence-electron chi connectivity index (χ1n) is 7.40. The molecule has 3 nitrogen and oxygen atoms in total. The highest BCUT2D eigenvalue weighted by Gasteiger charge is 2.16. The van der Waals surface area contributed by atoms with Crippen LogP contribution in [0.5, 0.6) is 0 Å². The Morgan fingerprint density at radius 3 is 2.65 bits per heavy atom. The van der Waals surface area contributed by atoms with E-state index in [4.69, 9.17) is 0 Å². The molecule has 2 unspecified atom stereocenters. The summed E-state index contributed by atoms with van der Waals surface area (Å²) in [6.07, 6.45) is 2.68. The number of benzene rings is 1. The molecule has 0 aromatic heterocycles. The summed E-state index contributed by atoms with van der Waals surface area (Å²) >= 11 is 0. The van der Waals surface area contributed by atoms with E-state index in [1.165, 1.54) is 31.5 Å². The third-order valence-corrected chi connectivity index (χ3v) is 3.98. The molecule has 1 heterocycles. The molecule has 20 heavy (non-hydrogen) atoms. The second kappa shape index (κ2) is 9.35. The summed E-state index contributed by atoms with van der Waals surface area (Å²) < 4.78 is 0. The zero-order chi connectivity index (χ0) is 13.5. The predicted octanol–water partition coefficient (Wildman–Crippen LogP) is 2.30. The Hall–Kier alpha value is -0.610. The first-order valence-corrected chi connectivity index (χ1v) is 7.40. The zero-order valence-corrected chi connectivity index (χ0v) is 13.5. The van der Waals surface area contributed by atoms with Crippen molar-refractivity contribution >= 4 is 12.4 Å². The summed E-state index contributed by atoms with van der Waals surface area (Å²) in [6.45, 7) is 4.52. The number of halogens is 1. The lowest BCUT2D eigenvalue weighted by atomic mass is 9.99. The number of hydrogen-bond donors (Lipinski definition) is 2. The van der Waals surface area contributed by atoms with E-state index in [0.717, 1.165) is 19.0 Å². The average molecular weight is 298 g/mol. The van der Waals surface area contributed by atoms with Gasteiger partial charge in [-0.25, -0.2) is 0 Å². The van der Waals surface area contributed by atoms with Crippen molar-refractivity contribution in [3.8, 4) is 0 Å². The van der Waals surface area contributed by atoms with Crippen LogP contribution in [0.15, 0.2) is 30.3 Å². The van der Waals surface area contributed by atoms with Gasteiger partial charge in [0.1, 0.15) is 0 Å². The Morgan fingerprint density at radius 1 is 1.30 bits per heavy atom. The molecule has 2 rings (SSSR count). The molecule has 0 bridgehead atoms. The zero-order valence-electron chi connectivity index (χ0n) is 12.6. The van der Waals surface area contributed by atoms with Crippen molar-refractivity contribution in [2.24, 2.45) is 5.92 Å². The maximum absolute atomic E-state index is 3.65. The fourth-order valence-electron chi connectivity index (χ4n) is 2.80. The largest absolute Gasteiger partial charge is 0.316 e. The van der Waals surface area contributed by atoms with Crippen LogP contribution in [0.3, 0.4) is 0 Å². The van der Waals surface area contributed by atoms with E-state index in [9.17, 15) is 0 Å². The second-order valence-corrected chi connectivity index (χ2v) is 5.76. The average Bonchev–Trinajstić information content (AvgIpc) is 2.45. The molecule has 1 aromatic carbocycles. The SMILES string of the molecule is CN(C)C(CNCC1CCCNC1)c1ccccc1.Cl. The van der Waals surface area contributed by atoms with Crippen LogP contribution in [0.4, 0.5) is 0 Å². The van der Waals surface area contributed by atoms with Gasteiger partial charge in [-0.05, 0) is 58.1 Å². The summed E-state index contributed by atoms with van der Waals surface area (Å²) in [5, 5.41) is 7.13. The third-order valence-electron chi connectivity index (χ3n) is 3.98. The van der Waals surface area contributed by atoms with Crippen molar-refractivity contribution in [2.45, 2.75) is 18.9 Å². The first kappa shape index (κ1) is 17.4. The van der Waals surface area contributed by atoms with E-state index in [0.29, 0.717) is 6.04 Å². The minimum absolute atomic E-state index is 0. The fraction of sp³-hybridized carbons (Fsp3) is 0.625. The van der Waals surface area contributed by atoms with Crippen LogP contribution in [-0.2, 0) is 0 Å². The summed E-state index contributed by atoms with van der Waals surface area (Å²) in [6, 6.07) is 11.2. The maximum Gasteiger partial charge on any atom is 0.0466 e. The van der Waals surface area contributed by atoms with Crippen molar-refractivity contribution in [1.82, 2.24) is 15.5 Å². The van der Waals surface area contributed by atoms with Crippen LogP contribution < -0.4 is 10.6 Å². The molecule has 0 aliphatic carbocycles. The lowest BCUT2D eigenvalue weighted by molar-refractivity contribution is 0.276. The first-order chi connectivity index (χ1) is 9.27. The van der Waals surface area contributed by atoms with E-state index in [2.05, 4.69) is 60.0 Å². The summed E-state index contributed by atoms with van der Waals surface area (Å²) in [7, 11) is 4.31. The van der Waals surface area contributed by atoms with Gasteiger partial charge in [0.15, 0.2) is 0 Å². The molecule has 1 saturated heterocycles. The second-order valence-electron chi connectivity index (χ2n) is 5.76. The molecule has 1 aliphatic heterocycles. The molecule has 0 saturated carbocycles. The van der Waals surface area contributed by atoms with Crippen LogP contribution >= 0.6 is 12.4 Å². The minimum Gasteiger partial charge on any atom is -0.316 e. The molecule has 4 heteroatoms. The maximum atomic E-state index is 3.65. The van der Waals surface area contributed by atoms with Gasteiger partial charge in [-0.1, -0.05) is 30.3 Å². The van der Waals surface area contributed by atoms with Crippen molar-refractivity contribution in [2.75, 3.05) is 40.3 Å². The van der Waals surface area contributed by atoms with E-state index >= 15 is 0 Å². The van der Waals surface area contributed by atoms with Gasteiger partial charge in [0.2, 0.25) is 0 Å². The van der Waals surface area contributed by atoms with Gasteiger partial charge in [-0.15, -0.1) is 12.4 Å². The molecule has 2 N–H and O–H groups in total. The van der Waals surface area contributed by atoms with Gasteiger partial charge in [-0.3, -0.25) is 0 Å². The highest BCUT2D eigenvalue weighted by Crippen LogP contribution is 2.17.